The van der Waals surface area contributed by atoms with Crippen LogP contribution in [-0.4, -0.2) is 39.6 Å². The van der Waals surface area contributed by atoms with E-state index in [1.54, 1.807) is 28.4 Å². The Balaban J connectivity index is 2.00. The van der Waals surface area contributed by atoms with Crippen LogP contribution in [0.2, 0.25) is 0 Å². The third-order valence-corrected chi connectivity index (χ3v) is 5.49. The molecule has 0 aromatic heterocycles. The monoisotopic (exact) mass is 357 g/mol. The van der Waals surface area contributed by atoms with Gasteiger partial charge in [0.05, 0.1) is 40.5 Å². The van der Waals surface area contributed by atoms with E-state index >= 15 is 0 Å². The highest BCUT2D eigenvalue weighted by Crippen LogP contribution is 2.53. The zero-order valence-corrected chi connectivity index (χ0v) is 15.5. The number of benzene rings is 2. The van der Waals surface area contributed by atoms with Crippen LogP contribution < -0.4 is 18.9 Å². The van der Waals surface area contributed by atoms with Gasteiger partial charge in [-0.1, -0.05) is 12.1 Å². The molecule has 0 saturated heterocycles. The molecule has 0 spiro atoms. The van der Waals surface area contributed by atoms with Crippen molar-refractivity contribution in [3.05, 3.63) is 46.2 Å². The normalized spacial score (nSPS) is 23.2. The van der Waals surface area contributed by atoms with Gasteiger partial charge in [-0.25, -0.2) is 0 Å². The molecule has 0 bridgehead atoms. The molecule has 0 aliphatic carbocycles. The summed E-state index contributed by atoms with van der Waals surface area (Å²) in [5.41, 5.74) is 3.03. The SMILES string of the molecule is COc1ccc2c(c1OC)Oc1c(OC)ccc3c1[C@H](C2)[N+](C)([O-])CC3. The summed E-state index contributed by atoms with van der Waals surface area (Å²) in [5, 5.41) is 13.3. The third kappa shape index (κ3) is 2.40. The fraction of sp³-hybridized carbons (Fsp3) is 0.400. The minimum absolute atomic E-state index is 0.247. The van der Waals surface area contributed by atoms with Gasteiger partial charge >= 0.3 is 0 Å². The number of hydroxylamine groups is 3. The number of nitrogens with zero attached hydrogens (tertiary/aromatic N) is 1. The van der Waals surface area contributed by atoms with Crippen LogP contribution in [0.5, 0.6) is 28.7 Å². The zero-order valence-electron chi connectivity index (χ0n) is 15.5. The van der Waals surface area contributed by atoms with Gasteiger partial charge in [-0.05, 0) is 17.7 Å². The highest BCUT2D eigenvalue weighted by Gasteiger charge is 2.40. The van der Waals surface area contributed by atoms with E-state index in [0.717, 1.165) is 23.1 Å². The van der Waals surface area contributed by atoms with E-state index in [4.69, 9.17) is 18.9 Å². The molecule has 2 atom stereocenters. The van der Waals surface area contributed by atoms with Gasteiger partial charge in [-0.2, -0.15) is 0 Å². The van der Waals surface area contributed by atoms with E-state index in [1.165, 1.54) is 0 Å². The zero-order chi connectivity index (χ0) is 18.5. The molecule has 26 heavy (non-hydrogen) atoms. The molecule has 0 amide bonds. The van der Waals surface area contributed by atoms with E-state index in [-0.39, 0.29) is 10.7 Å². The Hall–Kier alpha value is -2.44. The van der Waals surface area contributed by atoms with Crippen LogP contribution in [0.3, 0.4) is 0 Å². The summed E-state index contributed by atoms with van der Waals surface area (Å²) in [5.74, 6) is 2.94. The summed E-state index contributed by atoms with van der Waals surface area (Å²) < 4.78 is 22.6. The number of likely N-dealkylation sites (N-methyl/N-ethyl adjacent to an activating group) is 1. The molecule has 2 aromatic rings. The highest BCUT2D eigenvalue weighted by atomic mass is 16.6. The summed E-state index contributed by atoms with van der Waals surface area (Å²) in [4.78, 5) is 0. The molecule has 0 radical (unpaired) electrons. The lowest BCUT2D eigenvalue weighted by Gasteiger charge is -2.49. The number of hydrogen-bond acceptors (Lipinski definition) is 5. The first-order valence-electron chi connectivity index (χ1n) is 8.67. The third-order valence-electron chi connectivity index (χ3n) is 5.49. The smallest absolute Gasteiger partial charge is 0.204 e. The Bertz CT molecular complexity index is 862. The van der Waals surface area contributed by atoms with Crippen LogP contribution in [-0.2, 0) is 12.8 Å². The van der Waals surface area contributed by atoms with E-state index in [9.17, 15) is 5.21 Å². The highest BCUT2D eigenvalue weighted by molar-refractivity contribution is 5.63. The minimum atomic E-state index is -0.329. The molecule has 6 nitrogen and oxygen atoms in total. The quantitative estimate of drug-likeness (QED) is 0.620. The maximum absolute atomic E-state index is 13.3. The van der Waals surface area contributed by atoms with Gasteiger partial charge in [0.25, 0.3) is 0 Å². The average molecular weight is 357 g/mol. The molecule has 0 fully saturated rings. The Morgan fingerprint density at radius 2 is 1.65 bits per heavy atom. The fourth-order valence-corrected chi connectivity index (χ4v) is 4.06. The Kier molecular flexibility index (Phi) is 3.97. The fourth-order valence-electron chi connectivity index (χ4n) is 4.06. The molecule has 1 unspecified atom stereocenters. The summed E-state index contributed by atoms with van der Waals surface area (Å²) in [6, 6.07) is 7.50. The van der Waals surface area contributed by atoms with Crippen molar-refractivity contribution in [1.29, 1.82) is 0 Å². The lowest BCUT2D eigenvalue weighted by atomic mass is 9.88. The summed E-state index contributed by atoms with van der Waals surface area (Å²) in [7, 11) is 6.53. The molecule has 2 aliphatic heterocycles. The number of ether oxygens (including phenoxy) is 4. The Morgan fingerprint density at radius 3 is 2.35 bits per heavy atom. The lowest BCUT2D eigenvalue weighted by Crippen LogP contribution is -2.47. The van der Waals surface area contributed by atoms with Crippen molar-refractivity contribution >= 4 is 0 Å². The van der Waals surface area contributed by atoms with Crippen LogP contribution >= 0.6 is 0 Å². The largest absolute Gasteiger partial charge is 0.633 e. The van der Waals surface area contributed by atoms with Crippen LogP contribution in [0.15, 0.2) is 24.3 Å². The van der Waals surface area contributed by atoms with E-state index < -0.39 is 0 Å². The van der Waals surface area contributed by atoms with Crippen molar-refractivity contribution in [2.24, 2.45) is 0 Å². The lowest BCUT2D eigenvalue weighted by molar-refractivity contribution is -0.894. The molecule has 2 aromatic carbocycles. The van der Waals surface area contributed by atoms with Crippen molar-refractivity contribution in [2.45, 2.75) is 18.9 Å². The first kappa shape index (κ1) is 17.0. The molecule has 0 N–H and O–H groups in total. The second-order valence-electron chi connectivity index (χ2n) is 6.93. The van der Waals surface area contributed by atoms with Gasteiger partial charge < -0.3 is 28.8 Å². The van der Waals surface area contributed by atoms with Crippen molar-refractivity contribution < 1.29 is 23.6 Å². The van der Waals surface area contributed by atoms with Gasteiger partial charge in [-0.15, -0.1) is 0 Å². The molecule has 4 rings (SSSR count). The predicted molar refractivity (Wildman–Crippen MR) is 97.2 cm³/mol. The van der Waals surface area contributed by atoms with Gasteiger partial charge in [0.15, 0.2) is 23.0 Å². The average Bonchev–Trinajstić information content (AvgIpc) is 2.82. The molecule has 0 saturated carbocycles. The predicted octanol–water partition coefficient (Wildman–Crippen LogP) is 3.60. The van der Waals surface area contributed by atoms with Crippen molar-refractivity contribution in [3.63, 3.8) is 0 Å². The summed E-state index contributed by atoms with van der Waals surface area (Å²) in [6.07, 6.45) is 1.30. The van der Waals surface area contributed by atoms with Gasteiger partial charge in [0, 0.05) is 18.4 Å². The topological polar surface area (TPSA) is 60.0 Å². The van der Waals surface area contributed by atoms with Crippen molar-refractivity contribution in [2.75, 3.05) is 34.9 Å². The first-order chi connectivity index (χ1) is 12.5. The van der Waals surface area contributed by atoms with Crippen LogP contribution in [0.25, 0.3) is 0 Å². The number of quaternary nitrogens is 1. The van der Waals surface area contributed by atoms with Gasteiger partial charge in [0.2, 0.25) is 5.75 Å². The maximum Gasteiger partial charge on any atom is 0.204 e. The second kappa shape index (κ2) is 6.07. The van der Waals surface area contributed by atoms with E-state index in [2.05, 4.69) is 0 Å². The number of fused-ring (bicyclic) bond motifs is 1. The molecule has 2 aliphatic rings. The minimum Gasteiger partial charge on any atom is -0.633 e. The number of rotatable bonds is 3. The Labute approximate surface area is 153 Å². The van der Waals surface area contributed by atoms with Crippen molar-refractivity contribution in [3.8, 4) is 28.7 Å². The molecular formula is C20H23NO5. The van der Waals surface area contributed by atoms with Crippen molar-refractivity contribution in [1.82, 2.24) is 0 Å². The van der Waals surface area contributed by atoms with Crippen LogP contribution in [0, 0.1) is 5.21 Å². The summed E-state index contributed by atoms with van der Waals surface area (Å²) >= 11 is 0. The van der Waals surface area contributed by atoms with E-state index in [1.807, 2.05) is 24.3 Å². The number of methoxy groups -OCH3 is 3. The molecule has 6 heteroatoms. The maximum atomic E-state index is 13.3. The van der Waals surface area contributed by atoms with Crippen LogP contribution in [0.1, 0.15) is 22.7 Å². The van der Waals surface area contributed by atoms with Gasteiger partial charge in [-0.3, -0.25) is 0 Å². The second-order valence-corrected chi connectivity index (χ2v) is 6.93. The molecule has 138 valence electrons. The number of hydrogen-bond donors (Lipinski definition) is 0. The standard InChI is InChI=1S/C20H23NO5/c1-21(22)10-9-12-5-7-15(23-2)19-17(12)14(21)11-13-6-8-16(24-3)20(25-4)18(13)26-19/h5-8,14H,9-11H2,1-4H3/t14-,21?/m0/s1. The van der Waals surface area contributed by atoms with Crippen LogP contribution in [0.4, 0.5) is 0 Å². The molecule has 2 heterocycles. The summed E-state index contributed by atoms with van der Waals surface area (Å²) in [6.45, 7) is 0.548. The first-order valence-corrected chi connectivity index (χ1v) is 8.67. The molecular weight excluding hydrogens is 334 g/mol. The van der Waals surface area contributed by atoms with Gasteiger partial charge in [0.1, 0.15) is 6.04 Å². The Morgan fingerprint density at radius 1 is 0.962 bits per heavy atom. The van der Waals surface area contributed by atoms with E-state index in [0.29, 0.717) is 41.7 Å².